The summed E-state index contributed by atoms with van der Waals surface area (Å²) in [5.74, 6) is 1.89. The van der Waals surface area contributed by atoms with Crippen LogP contribution in [0.3, 0.4) is 0 Å². The highest BCUT2D eigenvalue weighted by atomic mass is 79.9. The summed E-state index contributed by atoms with van der Waals surface area (Å²) in [5, 5.41) is 12.6. The number of hydrogen-bond donors (Lipinski definition) is 2. The third-order valence-electron chi connectivity index (χ3n) is 3.31. The maximum Gasteiger partial charge on any atom is 0.174 e. The number of aliphatic hydroxyl groups excluding tert-OH is 1. The summed E-state index contributed by atoms with van der Waals surface area (Å²) < 4.78 is 11.5. The highest BCUT2D eigenvalue weighted by Crippen LogP contribution is 2.36. The Morgan fingerprint density at radius 1 is 1.25 bits per heavy atom. The minimum atomic E-state index is 0.200. The third kappa shape index (κ3) is 4.65. The topological polar surface area (TPSA) is 50.7 Å². The Morgan fingerprint density at radius 3 is 2.45 bits per heavy atom. The molecule has 114 valence electrons. The first-order valence-corrected chi connectivity index (χ1v) is 7.57. The Balaban J connectivity index is 2.80. The van der Waals surface area contributed by atoms with Gasteiger partial charge in [-0.3, -0.25) is 0 Å². The Kier molecular flexibility index (Phi) is 7.34. The molecule has 0 saturated heterocycles. The summed E-state index contributed by atoms with van der Waals surface area (Å²) >= 11 is 3.49. The van der Waals surface area contributed by atoms with Crippen molar-refractivity contribution in [1.29, 1.82) is 0 Å². The molecule has 0 aliphatic rings. The summed E-state index contributed by atoms with van der Waals surface area (Å²) in [6.07, 6.45) is 0.756. The van der Waals surface area contributed by atoms with Gasteiger partial charge in [0.2, 0.25) is 0 Å². The second-order valence-corrected chi connectivity index (χ2v) is 5.91. The lowest BCUT2D eigenvalue weighted by molar-refractivity contribution is 0.244. The lowest BCUT2D eigenvalue weighted by Crippen LogP contribution is -2.34. The van der Waals surface area contributed by atoms with Crippen LogP contribution < -0.4 is 14.8 Å². The first-order chi connectivity index (χ1) is 9.53. The molecule has 20 heavy (non-hydrogen) atoms. The Hall–Kier alpha value is -0.780. The number of aliphatic hydroxyl groups is 1. The van der Waals surface area contributed by atoms with E-state index in [1.165, 1.54) is 0 Å². The lowest BCUT2D eigenvalue weighted by atomic mass is 10.0. The molecular weight excluding hydrogens is 322 g/mol. The van der Waals surface area contributed by atoms with E-state index in [9.17, 15) is 0 Å². The SMILES string of the molecule is COc1cc(CNC(CCO)C(C)C)cc(Br)c1OC. The van der Waals surface area contributed by atoms with E-state index >= 15 is 0 Å². The fraction of sp³-hybridized carbons (Fsp3) is 0.600. The fourth-order valence-electron chi connectivity index (χ4n) is 2.13. The molecular formula is C15H24BrNO3. The van der Waals surface area contributed by atoms with Crippen LogP contribution in [0, 0.1) is 5.92 Å². The van der Waals surface area contributed by atoms with Gasteiger partial charge in [-0.1, -0.05) is 13.8 Å². The summed E-state index contributed by atoms with van der Waals surface area (Å²) in [6.45, 7) is 5.23. The number of benzene rings is 1. The molecule has 0 spiro atoms. The van der Waals surface area contributed by atoms with Crippen molar-refractivity contribution in [3.05, 3.63) is 22.2 Å². The molecule has 1 unspecified atom stereocenters. The van der Waals surface area contributed by atoms with Crippen LogP contribution in [0.15, 0.2) is 16.6 Å². The minimum absolute atomic E-state index is 0.200. The van der Waals surface area contributed by atoms with Crippen molar-refractivity contribution in [2.45, 2.75) is 32.9 Å². The molecule has 4 nitrogen and oxygen atoms in total. The van der Waals surface area contributed by atoms with E-state index in [1.54, 1.807) is 14.2 Å². The van der Waals surface area contributed by atoms with Crippen molar-refractivity contribution in [2.24, 2.45) is 5.92 Å². The normalized spacial score (nSPS) is 12.6. The van der Waals surface area contributed by atoms with E-state index in [4.69, 9.17) is 14.6 Å². The van der Waals surface area contributed by atoms with E-state index in [-0.39, 0.29) is 6.61 Å². The number of rotatable bonds is 8. The Bertz CT molecular complexity index is 424. The summed E-state index contributed by atoms with van der Waals surface area (Å²) in [5.41, 5.74) is 1.11. The van der Waals surface area contributed by atoms with Gasteiger partial charge in [-0.15, -0.1) is 0 Å². The fourth-order valence-corrected chi connectivity index (χ4v) is 2.78. The molecule has 0 heterocycles. The Morgan fingerprint density at radius 2 is 1.95 bits per heavy atom. The third-order valence-corrected chi connectivity index (χ3v) is 3.90. The standard InChI is InChI=1S/C15H24BrNO3/c1-10(2)13(5-6-18)17-9-11-7-12(16)15(20-4)14(8-11)19-3/h7-8,10,13,17-18H,5-6,9H2,1-4H3. The highest BCUT2D eigenvalue weighted by Gasteiger charge is 2.14. The van der Waals surface area contributed by atoms with Gasteiger partial charge in [0.25, 0.3) is 0 Å². The molecule has 5 heteroatoms. The van der Waals surface area contributed by atoms with Crippen LogP contribution in [-0.2, 0) is 6.54 Å². The number of ether oxygens (including phenoxy) is 2. The molecule has 0 radical (unpaired) electrons. The molecule has 1 aromatic carbocycles. The van der Waals surface area contributed by atoms with Gasteiger partial charge in [-0.05, 0) is 46.0 Å². The average molecular weight is 346 g/mol. The van der Waals surface area contributed by atoms with E-state index in [2.05, 4.69) is 35.1 Å². The maximum absolute atomic E-state index is 9.09. The van der Waals surface area contributed by atoms with Gasteiger partial charge in [0.1, 0.15) is 0 Å². The van der Waals surface area contributed by atoms with Crippen LogP contribution >= 0.6 is 15.9 Å². The van der Waals surface area contributed by atoms with E-state index < -0.39 is 0 Å². The summed E-state index contributed by atoms with van der Waals surface area (Å²) in [4.78, 5) is 0. The van der Waals surface area contributed by atoms with Crippen LogP contribution in [-0.4, -0.2) is 32.0 Å². The van der Waals surface area contributed by atoms with Crippen LogP contribution in [0.1, 0.15) is 25.8 Å². The quantitative estimate of drug-likeness (QED) is 0.760. The molecule has 0 aliphatic carbocycles. The smallest absolute Gasteiger partial charge is 0.174 e. The van der Waals surface area contributed by atoms with Crippen molar-refractivity contribution in [3.63, 3.8) is 0 Å². The average Bonchev–Trinajstić information content (AvgIpc) is 2.42. The number of nitrogens with one attached hydrogen (secondary N) is 1. The molecule has 0 amide bonds. The van der Waals surface area contributed by atoms with Gasteiger partial charge >= 0.3 is 0 Å². The van der Waals surface area contributed by atoms with Crippen molar-refractivity contribution in [3.8, 4) is 11.5 Å². The van der Waals surface area contributed by atoms with E-state index in [0.717, 1.165) is 23.0 Å². The molecule has 0 saturated carbocycles. The molecule has 2 N–H and O–H groups in total. The zero-order valence-corrected chi connectivity index (χ0v) is 14.2. The van der Waals surface area contributed by atoms with Gasteiger partial charge in [0.15, 0.2) is 11.5 Å². The molecule has 1 rings (SSSR count). The molecule has 0 bridgehead atoms. The predicted octanol–water partition coefficient (Wildman–Crippen LogP) is 2.96. The maximum atomic E-state index is 9.09. The Labute approximate surface area is 129 Å². The highest BCUT2D eigenvalue weighted by molar-refractivity contribution is 9.10. The van der Waals surface area contributed by atoms with E-state index in [0.29, 0.717) is 23.5 Å². The largest absolute Gasteiger partial charge is 0.493 e. The van der Waals surface area contributed by atoms with Gasteiger partial charge in [-0.25, -0.2) is 0 Å². The second kappa shape index (κ2) is 8.49. The first-order valence-electron chi connectivity index (χ1n) is 6.78. The lowest BCUT2D eigenvalue weighted by Gasteiger charge is -2.22. The van der Waals surface area contributed by atoms with Crippen molar-refractivity contribution >= 4 is 15.9 Å². The summed E-state index contributed by atoms with van der Waals surface area (Å²) in [6, 6.07) is 4.28. The van der Waals surface area contributed by atoms with Crippen LogP contribution in [0.2, 0.25) is 0 Å². The summed E-state index contributed by atoms with van der Waals surface area (Å²) in [7, 11) is 3.25. The number of hydrogen-bond acceptors (Lipinski definition) is 4. The van der Waals surface area contributed by atoms with Crippen LogP contribution in [0.5, 0.6) is 11.5 Å². The molecule has 1 aromatic rings. The van der Waals surface area contributed by atoms with Gasteiger partial charge < -0.3 is 19.9 Å². The zero-order valence-electron chi connectivity index (χ0n) is 12.6. The molecule has 0 aliphatic heterocycles. The molecule has 0 fully saturated rings. The first kappa shape index (κ1) is 17.3. The number of halogens is 1. The minimum Gasteiger partial charge on any atom is -0.493 e. The van der Waals surface area contributed by atoms with Crippen molar-refractivity contribution in [1.82, 2.24) is 5.32 Å². The number of methoxy groups -OCH3 is 2. The van der Waals surface area contributed by atoms with Crippen LogP contribution in [0.25, 0.3) is 0 Å². The second-order valence-electron chi connectivity index (χ2n) is 5.06. The molecule has 0 aromatic heterocycles. The van der Waals surface area contributed by atoms with Gasteiger partial charge in [0, 0.05) is 19.2 Å². The van der Waals surface area contributed by atoms with Crippen molar-refractivity contribution in [2.75, 3.05) is 20.8 Å². The van der Waals surface area contributed by atoms with Gasteiger partial charge in [0.05, 0.1) is 18.7 Å². The van der Waals surface area contributed by atoms with Gasteiger partial charge in [-0.2, -0.15) is 0 Å². The predicted molar refractivity (Wildman–Crippen MR) is 84.4 cm³/mol. The van der Waals surface area contributed by atoms with Crippen molar-refractivity contribution < 1.29 is 14.6 Å². The van der Waals surface area contributed by atoms with E-state index in [1.807, 2.05) is 12.1 Å². The zero-order chi connectivity index (χ0) is 15.1. The van der Waals surface area contributed by atoms with Crippen LogP contribution in [0.4, 0.5) is 0 Å². The monoisotopic (exact) mass is 345 g/mol. The molecule has 1 atom stereocenters.